The molecule has 0 aromatic heterocycles. The van der Waals surface area contributed by atoms with Crippen LogP contribution in [0, 0.1) is 5.92 Å². The lowest BCUT2D eigenvalue weighted by Crippen LogP contribution is -2.18. The minimum Gasteiger partial charge on any atom is -0.313 e. The Hall–Kier alpha value is -1.60. The van der Waals surface area contributed by atoms with Gasteiger partial charge in [-0.3, -0.25) is 0 Å². The van der Waals surface area contributed by atoms with Crippen molar-refractivity contribution in [2.45, 2.75) is 18.4 Å². The van der Waals surface area contributed by atoms with E-state index in [9.17, 15) is 0 Å². The van der Waals surface area contributed by atoms with Crippen molar-refractivity contribution in [3.63, 3.8) is 0 Å². The molecular weight excluding hydrogens is 218 g/mol. The molecule has 0 bridgehead atoms. The summed E-state index contributed by atoms with van der Waals surface area (Å²) in [4.78, 5) is 0. The quantitative estimate of drug-likeness (QED) is 0.854. The number of nitrogens with one attached hydrogen (secondary N) is 1. The highest BCUT2D eigenvalue weighted by Crippen LogP contribution is 2.53. The average molecular weight is 237 g/mol. The van der Waals surface area contributed by atoms with Gasteiger partial charge in [-0.15, -0.1) is 0 Å². The standard InChI is InChI=1S/C17H19N/c1-18-17(14-10-6-3-7-11-14)16-12-15(16)13-8-4-2-5-9-13/h2-11,15-18H,12H2,1H3. The van der Waals surface area contributed by atoms with Gasteiger partial charge in [-0.1, -0.05) is 60.7 Å². The molecule has 1 fully saturated rings. The van der Waals surface area contributed by atoms with Crippen LogP contribution in [0.3, 0.4) is 0 Å². The van der Waals surface area contributed by atoms with E-state index in [1.165, 1.54) is 17.5 Å². The maximum atomic E-state index is 3.48. The minimum atomic E-state index is 0.483. The van der Waals surface area contributed by atoms with Gasteiger partial charge in [0.2, 0.25) is 0 Å². The summed E-state index contributed by atoms with van der Waals surface area (Å²) < 4.78 is 0. The van der Waals surface area contributed by atoms with Crippen LogP contribution in [0.4, 0.5) is 0 Å². The van der Waals surface area contributed by atoms with Crippen LogP contribution in [0.2, 0.25) is 0 Å². The van der Waals surface area contributed by atoms with Crippen molar-refractivity contribution in [1.29, 1.82) is 0 Å². The molecule has 0 saturated heterocycles. The summed E-state index contributed by atoms with van der Waals surface area (Å²) in [5.41, 5.74) is 2.89. The molecule has 18 heavy (non-hydrogen) atoms. The Balaban J connectivity index is 1.77. The molecule has 3 atom stereocenters. The van der Waals surface area contributed by atoms with E-state index in [0.717, 1.165) is 11.8 Å². The van der Waals surface area contributed by atoms with Crippen LogP contribution >= 0.6 is 0 Å². The van der Waals surface area contributed by atoms with Crippen LogP contribution in [0.15, 0.2) is 60.7 Å². The largest absolute Gasteiger partial charge is 0.313 e. The molecule has 0 aliphatic heterocycles. The fourth-order valence-electron chi connectivity index (χ4n) is 2.95. The lowest BCUT2D eigenvalue weighted by molar-refractivity contribution is 0.518. The summed E-state index contributed by atoms with van der Waals surface area (Å²) in [6.07, 6.45) is 1.30. The Labute approximate surface area is 109 Å². The number of hydrogen-bond acceptors (Lipinski definition) is 1. The van der Waals surface area contributed by atoms with Crippen LogP contribution < -0.4 is 5.32 Å². The second-order valence-corrected chi connectivity index (χ2v) is 5.09. The molecule has 1 heteroatoms. The molecule has 3 unspecified atom stereocenters. The molecule has 2 aromatic carbocycles. The first-order chi connectivity index (χ1) is 8.90. The predicted molar refractivity (Wildman–Crippen MR) is 75.5 cm³/mol. The van der Waals surface area contributed by atoms with E-state index in [4.69, 9.17) is 0 Å². The van der Waals surface area contributed by atoms with E-state index in [1.54, 1.807) is 0 Å². The Bertz CT molecular complexity index is 492. The van der Waals surface area contributed by atoms with Crippen LogP contribution in [0.25, 0.3) is 0 Å². The first-order valence-corrected chi connectivity index (χ1v) is 6.67. The first kappa shape index (κ1) is 11.5. The summed E-state index contributed by atoms with van der Waals surface area (Å²) in [6, 6.07) is 22.1. The molecule has 1 nitrogen and oxygen atoms in total. The van der Waals surface area contributed by atoms with Gasteiger partial charge in [0.25, 0.3) is 0 Å². The lowest BCUT2D eigenvalue weighted by atomic mass is 9.99. The molecule has 1 saturated carbocycles. The molecular formula is C17H19N. The van der Waals surface area contributed by atoms with Crippen LogP contribution in [0.1, 0.15) is 29.5 Å². The van der Waals surface area contributed by atoms with Crippen LogP contribution in [-0.4, -0.2) is 7.05 Å². The summed E-state index contributed by atoms with van der Waals surface area (Å²) in [7, 11) is 2.07. The summed E-state index contributed by atoms with van der Waals surface area (Å²) in [5.74, 6) is 1.46. The van der Waals surface area contributed by atoms with Gasteiger partial charge in [0, 0.05) is 6.04 Å². The Kier molecular flexibility index (Phi) is 3.16. The van der Waals surface area contributed by atoms with Gasteiger partial charge >= 0.3 is 0 Å². The Morgan fingerprint density at radius 1 is 0.944 bits per heavy atom. The second-order valence-electron chi connectivity index (χ2n) is 5.09. The first-order valence-electron chi connectivity index (χ1n) is 6.67. The monoisotopic (exact) mass is 237 g/mol. The third kappa shape index (κ3) is 2.19. The van der Waals surface area contributed by atoms with Gasteiger partial charge in [-0.05, 0) is 36.4 Å². The smallest absolute Gasteiger partial charge is 0.0352 e. The highest BCUT2D eigenvalue weighted by Gasteiger charge is 2.43. The zero-order valence-corrected chi connectivity index (χ0v) is 10.7. The van der Waals surface area contributed by atoms with E-state index >= 15 is 0 Å². The fourth-order valence-corrected chi connectivity index (χ4v) is 2.95. The van der Waals surface area contributed by atoms with Crippen molar-refractivity contribution < 1.29 is 0 Å². The number of hydrogen-bond donors (Lipinski definition) is 1. The SMILES string of the molecule is CNC(c1ccccc1)C1CC1c1ccccc1. The van der Waals surface area contributed by atoms with Crippen LogP contribution in [0.5, 0.6) is 0 Å². The summed E-state index contributed by atoms with van der Waals surface area (Å²) >= 11 is 0. The molecule has 0 heterocycles. The van der Waals surface area contributed by atoms with Crippen molar-refractivity contribution in [1.82, 2.24) is 5.32 Å². The van der Waals surface area contributed by atoms with Gasteiger partial charge in [0.05, 0.1) is 0 Å². The van der Waals surface area contributed by atoms with E-state index in [1.807, 2.05) is 0 Å². The van der Waals surface area contributed by atoms with Crippen molar-refractivity contribution in [2.24, 2.45) is 5.92 Å². The molecule has 1 N–H and O–H groups in total. The maximum absolute atomic E-state index is 3.48. The molecule has 3 rings (SSSR count). The van der Waals surface area contributed by atoms with E-state index in [2.05, 4.69) is 73.0 Å². The molecule has 1 aliphatic carbocycles. The Morgan fingerprint density at radius 2 is 1.56 bits per heavy atom. The lowest BCUT2D eigenvalue weighted by Gasteiger charge is -2.16. The molecule has 0 spiro atoms. The van der Waals surface area contributed by atoms with Gasteiger partial charge < -0.3 is 5.32 Å². The van der Waals surface area contributed by atoms with Crippen molar-refractivity contribution in [3.8, 4) is 0 Å². The molecule has 1 aliphatic rings. The number of benzene rings is 2. The third-order valence-electron chi connectivity index (χ3n) is 3.97. The third-order valence-corrected chi connectivity index (χ3v) is 3.97. The maximum Gasteiger partial charge on any atom is 0.0352 e. The summed E-state index contributed by atoms with van der Waals surface area (Å²) in [5, 5.41) is 3.48. The minimum absolute atomic E-state index is 0.483. The van der Waals surface area contributed by atoms with Crippen molar-refractivity contribution >= 4 is 0 Å². The highest BCUT2D eigenvalue weighted by atomic mass is 14.9. The Morgan fingerprint density at radius 3 is 2.17 bits per heavy atom. The van der Waals surface area contributed by atoms with Gasteiger partial charge in [0.1, 0.15) is 0 Å². The molecule has 0 radical (unpaired) electrons. The van der Waals surface area contributed by atoms with E-state index in [0.29, 0.717) is 6.04 Å². The van der Waals surface area contributed by atoms with Crippen molar-refractivity contribution in [3.05, 3.63) is 71.8 Å². The normalized spacial score (nSPS) is 23.6. The van der Waals surface area contributed by atoms with Crippen LogP contribution in [-0.2, 0) is 0 Å². The van der Waals surface area contributed by atoms with Gasteiger partial charge in [0.15, 0.2) is 0 Å². The predicted octanol–water partition coefficient (Wildman–Crippen LogP) is 3.75. The summed E-state index contributed by atoms with van der Waals surface area (Å²) in [6.45, 7) is 0. The highest BCUT2D eigenvalue weighted by molar-refractivity contribution is 5.30. The van der Waals surface area contributed by atoms with E-state index in [-0.39, 0.29) is 0 Å². The molecule has 0 amide bonds. The zero-order valence-electron chi connectivity index (χ0n) is 10.7. The number of rotatable bonds is 4. The zero-order chi connectivity index (χ0) is 12.4. The van der Waals surface area contributed by atoms with Gasteiger partial charge in [-0.2, -0.15) is 0 Å². The fraction of sp³-hybridized carbons (Fsp3) is 0.294. The molecule has 92 valence electrons. The molecule has 2 aromatic rings. The van der Waals surface area contributed by atoms with Gasteiger partial charge in [-0.25, -0.2) is 0 Å². The average Bonchev–Trinajstić information content (AvgIpc) is 3.22. The second kappa shape index (κ2) is 4.95. The topological polar surface area (TPSA) is 12.0 Å². The van der Waals surface area contributed by atoms with Crippen molar-refractivity contribution in [2.75, 3.05) is 7.05 Å². The van der Waals surface area contributed by atoms with E-state index < -0.39 is 0 Å².